The Morgan fingerprint density at radius 2 is 2.00 bits per heavy atom. The van der Waals surface area contributed by atoms with Gasteiger partial charge in [0.05, 0.1) is 22.8 Å². The average Bonchev–Trinajstić information content (AvgIpc) is 2.27. The first-order valence-electron chi connectivity index (χ1n) is 5.31. The Kier molecular flexibility index (Phi) is 4.94. The molecule has 0 fully saturated rings. The molecule has 0 saturated carbocycles. The van der Waals surface area contributed by atoms with E-state index in [0.29, 0.717) is 6.07 Å². The van der Waals surface area contributed by atoms with Gasteiger partial charge in [0.25, 0.3) is 0 Å². The van der Waals surface area contributed by atoms with Gasteiger partial charge in [-0.2, -0.15) is 13.2 Å². The van der Waals surface area contributed by atoms with E-state index in [9.17, 15) is 21.6 Å². The van der Waals surface area contributed by atoms with Crippen LogP contribution < -0.4 is 5.73 Å². The lowest BCUT2D eigenvalue weighted by atomic mass is 10.2. The van der Waals surface area contributed by atoms with Crippen LogP contribution in [0.5, 0.6) is 0 Å². The monoisotopic (exact) mass is 297 g/mol. The summed E-state index contributed by atoms with van der Waals surface area (Å²) in [7, 11) is -2.51. The molecule has 0 bridgehead atoms. The summed E-state index contributed by atoms with van der Waals surface area (Å²) in [6.45, 7) is 0.0121. The molecular formula is C11H14F3NO3S. The number of hydrogen-bond acceptors (Lipinski definition) is 4. The van der Waals surface area contributed by atoms with E-state index in [1.165, 1.54) is 7.11 Å². The zero-order valence-electron chi connectivity index (χ0n) is 10.1. The normalized spacial score (nSPS) is 14.4. The van der Waals surface area contributed by atoms with E-state index in [2.05, 4.69) is 0 Å². The fourth-order valence-corrected chi connectivity index (χ4v) is 2.95. The molecule has 0 radical (unpaired) electrons. The third kappa shape index (κ3) is 4.48. The second-order valence-electron chi connectivity index (χ2n) is 4.02. The minimum atomic E-state index is -4.58. The molecule has 0 aromatic heterocycles. The molecule has 1 aromatic rings. The summed E-state index contributed by atoms with van der Waals surface area (Å²) in [4.78, 5) is -0.395. The van der Waals surface area contributed by atoms with Crippen molar-refractivity contribution in [1.82, 2.24) is 0 Å². The molecule has 1 aromatic carbocycles. The van der Waals surface area contributed by atoms with Gasteiger partial charge in [-0.05, 0) is 18.2 Å². The molecular weight excluding hydrogens is 283 g/mol. The van der Waals surface area contributed by atoms with Crippen molar-refractivity contribution in [2.75, 3.05) is 19.5 Å². The Bertz CT molecular complexity index is 528. The van der Waals surface area contributed by atoms with Crippen LogP contribution in [0.4, 0.5) is 13.2 Å². The van der Waals surface area contributed by atoms with Crippen molar-refractivity contribution in [3.8, 4) is 0 Å². The van der Waals surface area contributed by atoms with Crippen LogP contribution in [0.2, 0.25) is 0 Å². The number of nitrogens with two attached hydrogens (primary N) is 1. The molecule has 0 heterocycles. The largest absolute Gasteiger partial charge is 0.416 e. The number of halogens is 3. The lowest BCUT2D eigenvalue weighted by Gasteiger charge is -2.12. The van der Waals surface area contributed by atoms with Gasteiger partial charge in [-0.15, -0.1) is 0 Å². The lowest BCUT2D eigenvalue weighted by molar-refractivity contribution is -0.137. The average molecular weight is 297 g/mol. The molecule has 0 spiro atoms. The number of alkyl halides is 3. The summed E-state index contributed by atoms with van der Waals surface area (Å²) in [5.74, 6) is -0.470. The Balaban J connectivity index is 3.02. The maximum atomic E-state index is 12.5. The topological polar surface area (TPSA) is 69.4 Å². The van der Waals surface area contributed by atoms with E-state index in [4.69, 9.17) is 10.5 Å². The van der Waals surface area contributed by atoms with E-state index in [-0.39, 0.29) is 6.61 Å². The van der Waals surface area contributed by atoms with Gasteiger partial charge in [-0.1, -0.05) is 6.07 Å². The molecule has 19 heavy (non-hydrogen) atoms. The highest BCUT2D eigenvalue weighted by atomic mass is 32.2. The van der Waals surface area contributed by atoms with Crippen LogP contribution in [0.15, 0.2) is 29.2 Å². The fourth-order valence-electron chi connectivity index (χ4n) is 1.51. The summed E-state index contributed by atoms with van der Waals surface area (Å²) >= 11 is 0. The van der Waals surface area contributed by atoms with E-state index >= 15 is 0 Å². The van der Waals surface area contributed by atoms with Crippen molar-refractivity contribution >= 4 is 9.84 Å². The van der Waals surface area contributed by atoms with Gasteiger partial charge in [-0.25, -0.2) is 8.42 Å². The van der Waals surface area contributed by atoms with Crippen LogP contribution in [-0.2, 0) is 20.8 Å². The second-order valence-corrected chi connectivity index (χ2v) is 6.06. The third-order valence-electron chi connectivity index (χ3n) is 2.33. The number of methoxy groups -OCH3 is 1. The predicted octanol–water partition coefficient (Wildman–Crippen LogP) is 1.45. The first kappa shape index (κ1) is 15.9. The van der Waals surface area contributed by atoms with Gasteiger partial charge in [0, 0.05) is 13.2 Å². The van der Waals surface area contributed by atoms with Gasteiger partial charge in [0.2, 0.25) is 0 Å². The molecule has 1 atom stereocenters. The second kappa shape index (κ2) is 5.89. The summed E-state index contributed by atoms with van der Waals surface area (Å²) in [6, 6.07) is 2.80. The smallest absolute Gasteiger partial charge is 0.383 e. The molecule has 0 amide bonds. The Hall–Kier alpha value is -1.12. The number of rotatable bonds is 5. The van der Waals surface area contributed by atoms with Crippen LogP contribution in [0, 0.1) is 0 Å². The predicted molar refractivity (Wildman–Crippen MR) is 63.3 cm³/mol. The number of benzene rings is 1. The molecule has 1 rings (SSSR count). The molecule has 2 N–H and O–H groups in total. The summed E-state index contributed by atoms with van der Waals surface area (Å²) < 4.78 is 66.0. The van der Waals surface area contributed by atoms with Gasteiger partial charge in [-0.3, -0.25) is 0 Å². The minimum absolute atomic E-state index is 0.0121. The zero-order valence-corrected chi connectivity index (χ0v) is 11.0. The van der Waals surface area contributed by atoms with E-state index < -0.39 is 38.3 Å². The molecule has 0 aliphatic carbocycles. The van der Waals surface area contributed by atoms with Crippen LogP contribution in [0.1, 0.15) is 5.56 Å². The van der Waals surface area contributed by atoms with E-state index in [1.54, 1.807) is 0 Å². The van der Waals surface area contributed by atoms with Crippen molar-refractivity contribution in [3.05, 3.63) is 29.8 Å². The van der Waals surface area contributed by atoms with Gasteiger partial charge >= 0.3 is 6.18 Å². The van der Waals surface area contributed by atoms with Crippen molar-refractivity contribution in [2.45, 2.75) is 17.1 Å². The highest BCUT2D eigenvalue weighted by Crippen LogP contribution is 2.30. The highest BCUT2D eigenvalue weighted by molar-refractivity contribution is 7.91. The Morgan fingerprint density at radius 3 is 2.53 bits per heavy atom. The van der Waals surface area contributed by atoms with E-state index in [1.807, 2.05) is 0 Å². The molecule has 1 unspecified atom stereocenters. The SMILES string of the molecule is COCC(N)CS(=O)(=O)c1cccc(C(F)(F)F)c1. The number of sulfone groups is 1. The summed E-state index contributed by atoms with van der Waals surface area (Å²) in [6.07, 6.45) is -4.58. The minimum Gasteiger partial charge on any atom is -0.383 e. The van der Waals surface area contributed by atoms with Crippen molar-refractivity contribution in [3.63, 3.8) is 0 Å². The quantitative estimate of drug-likeness (QED) is 0.893. The molecule has 4 nitrogen and oxygen atoms in total. The van der Waals surface area contributed by atoms with Crippen LogP contribution in [0.25, 0.3) is 0 Å². The summed E-state index contributed by atoms with van der Waals surface area (Å²) in [5.41, 5.74) is 4.50. The van der Waals surface area contributed by atoms with Crippen LogP contribution in [0.3, 0.4) is 0 Å². The van der Waals surface area contributed by atoms with Crippen LogP contribution in [-0.4, -0.2) is 33.9 Å². The molecule has 8 heteroatoms. The zero-order chi connectivity index (χ0) is 14.7. The Morgan fingerprint density at radius 1 is 1.37 bits per heavy atom. The molecule has 0 aliphatic rings. The molecule has 108 valence electrons. The molecule has 0 aliphatic heterocycles. The lowest BCUT2D eigenvalue weighted by Crippen LogP contribution is -2.33. The van der Waals surface area contributed by atoms with Gasteiger partial charge < -0.3 is 10.5 Å². The van der Waals surface area contributed by atoms with Gasteiger partial charge in [0.15, 0.2) is 9.84 Å². The number of ether oxygens (including phenoxy) is 1. The summed E-state index contributed by atoms with van der Waals surface area (Å²) in [5, 5.41) is 0. The van der Waals surface area contributed by atoms with Crippen molar-refractivity contribution in [2.24, 2.45) is 5.73 Å². The molecule has 0 saturated heterocycles. The third-order valence-corrected chi connectivity index (χ3v) is 4.17. The van der Waals surface area contributed by atoms with E-state index in [0.717, 1.165) is 18.2 Å². The number of hydrogen-bond donors (Lipinski definition) is 1. The first-order valence-corrected chi connectivity index (χ1v) is 6.96. The maximum absolute atomic E-state index is 12.5. The highest BCUT2D eigenvalue weighted by Gasteiger charge is 2.31. The van der Waals surface area contributed by atoms with Crippen LogP contribution >= 0.6 is 0 Å². The Labute approximate surface area is 109 Å². The fraction of sp³-hybridized carbons (Fsp3) is 0.455. The standard InChI is InChI=1S/C11H14F3NO3S/c1-18-6-9(15)7-19(16,17)10-4-2-3-8(5-10)11(12,13)14/h2-5,9H,6-7,15H2,1H3. The van der Waals surface area contributed by atoms with Crippen molar-refractivity contribution < 1.29 is 26.3 Å². The van der Waals surface area contributed by atoms with Crippen molar-refractivity contribution in [1.29, 1.82) is 0 Å². The van der Waals surface area contributed by atoms with Gasteiger partial charge in [0.1, 0.15) is 0 Å². The maximum Gasteiger partial charge on any atom is 0.416 e. The first-order chi connectivity index (χ1) is 8.66.